The van der Waals surface area contributed by atoms with Crippen LogP contribution in [0.3, 0.4) is 0 Å². The Labute approximate surface area is 153 Å². The van der Waals surface area contributed by atoms with Crippen LogP contribution in [0.15, 0.2) is 39.9 Å². The summed E-state index contributed by atoms with van der Waals surface area (Å²) in [5, 5.41) is 2.52. The van der Waals surface area contributed by atoms with E-state index in [0.29, 0.717) is 22.2 Å². The number of hydrazine groups is 1. The van der Waals surface area contributed by atoms with Crippen molar-refractivity contribution < 1.29 is 17.9 Å². The molecular weight excluding hydrogens is 395 g/mol. The molecule has 2 N–H and O–H groups in total. The molecule has 0 spiro atoms. The quantitative estimate of drug-likeness (QED) is 0.518. The van der Waals surface area contributed by atoms with E-state index in [-0.39, 0.29) is 17.2 Å². The maximum absolute atomic E-state index is 11.8. The van der Waals surface area contributed by atoms with E-state index in [1.165, 1.54) is 6.07 Å². The van der Waals surface area contributed by atoms with Crippen LogP contribution in [0.1, 0.15) is 12.8 Å². The maximum atomic E-state index is 11.8. The van der Waals surface area contributed by atoms with E-state index in [1.807, 2.05) is 4.83 Å². The number of carbonyl (C=O) groups excluding carboxylic acids is 1. The highest BCUT2D eigenvalue weighted by molar-refractivity contribution is 7.91. The lowest BCUT2D eigenvalue weighted by Gasteiger charge is -2.09. The Bertz CT molecular complexity index is 795. The van der Waals surface area contributed by atoms with E-state index in [9.17, 15) is 13.2 Å². The highest BCUT2D eigenvalue weighted by Crippen LogP contribution is 2.27. The second kappa shape index (κ2) is 8.68. The van der Waals surface area contributed by atoms with Crippen LogP contribution in [0, 0.1) is 0 Å². The number of sulfonamides is 1. The fourth-order valence-electron chi connectivity index (χ4n) is 1.66. The molecule has 1 heterocycles. The highest BCUT2D eigenvalue weighted by atomic mass is 35.5. The third-order valence-electron chi connectivity index (χ3n) is 2.78. The number of rotatable bonds is 8. The number of thiophene rings is 1. The van der Waals surface area contributed by atoms with Crippen molar-refractivity contribution in [3.8, 4) is 5.75 Å². The number of hydrogen-bond donors (Lipinski definition) is 2. The Morgan fingerprint density at radius 2 is 2.04 bits per heavy atom. The molecule has 2 aromatic rings. The van der Waals surface area contributed by atoms with Crippen molar-refractivity contribution in [2.24, 2.45) is 0 Å². The molecule has 1 amide bonds. The van der Waals surface area contributed by atoms with Crippen LogP contribution >= 0.6 is 34.5 Å². The Hall–Kier alpha value is -1.32. The summed E-state index contributed by atoms with van der Waals surface area (Å²) in [5.41, 5.74) is 2.16. The van der Waals surface area contributed by atoms with Gasteiger partial charge in [-0.3, -0.25) is 10.2 Å². The van der Waals surface area contributed by atoms with Crippen LogP contribution in [0.4, 0.5) is 0 Å². The second-order valence-electron chi connectivity index (χ2n) is 4.61. The van der Waals surface area contributed by atoms with Gasteiger partial charge in [0, 0.05) is 11.4 Å². The van der Waals surface area contributed by atoms with E-state index in [1.54, 1.807) is 29.6 Å². The molecule has 0 aliphatic carbocycles. The van der Waals surface area contributed by atoms with E-state index >= 15 is 0 Å². The number of nitrogens with one attached hydrogen (secondary N) is 2. The van der Waals surface area contributed by atoms with Crippen LogP contribution in [-0.4, -0.2) is 20.9 Å². The summed E-state index contributed by atoms with van der Waals surface area (Å²) in [6, 6.07) is 7.91. The Morgan fingerprint density at radius 3 is 2.71 bits per heavy atom. The van der Waals surface area contributed by atoms with Crippen molar-refractivity contribution in [3.63, 3.8) is 0 Å². The van der Waals surface area contributed by atoms with Gasteiger partial charge in [-0.15, -0.1) is 16.2 Å². The SMILES string of the molecule is O=C(CCCOc1ccc(Cl)cc1Cl)NNS(=O)(=O)c1cccs1. The molecule has 0 fully saturated rings. The molecule has 10 heteroatoms. The van der Waals surface area contributed by atoms with Gasteiger partial charge in [-0.05, 0) is 36.1 Å². The predicted octanol–water partition coefficient (Wildman–Crippen LogP) is 3.22. The molecule has 1 aromatic heterocycles. The number of benzene rings is 1. The van der Waals surface area contributed by atoms with Crippen LogP contribution in [0.2, 0.25) is 10.0 Å². The Kier molecular flexibility index (Phi) is 6.88. The number of ether oxygens (including phenoxy) is 1. The van der Waals surface area contributed by atoms with Crippen molar-refractivity contribution in [1.29, 1.82) is 0 Å². The van der Waals surface area contributed by atoms with Gasteiger partial charge in [0.25, 0.3) is 10.0 Å². The van der Waals surface area contributed by atoms with Gasteiger partial charge in [0.1, 0.15) is 9.96 Å². The van der Waals surface area contributed by atoms with Gasteiger partial charge in [0.15, 0.2) is 0 Å². The van der Waals surface area contributed by atoms with E-state index in [0.717, 1.165) is 11.3 Å². The molecule has 0 atom stereocenters. The fraction of sp³-hybridized carbons (Fsp3) is 0.214. The highest BCUT2D eigenvalue weighted by Gasteiger charge is 2.15. The summed E-state index contributed by atoms with van der Waals surface area (Å²) in [7, 11) is -3.72. The summed E-state index contributed by atoms with van der Waals surface area (Å²) >= 11 is 12.8. The smallest absolute Gasteiger partial charge is 0.266 e. The van der Waals surface area contributed by atoms with Gasteiger partial charge in [-0.25, -0.2) is 8.42 Å². The monoisotopic (exact) mass is 408 g/mol. The zero-order valence-corrected chi connectivity index (χ0v) is 15.4. The van der Waals surface area contributed by atoms with Crippen LogP contribution < -0.4 is 15.0 Å². The third-order valence-corrected chi connectivity index (χ3v) is 5.96. The van der Waals surface area contributed by atoms with Crippen molar-refractivity contribution in [1.82, 2.24) is 10.3 Å². The fourth-order valence-corrected chi connectivity index (χ4v) is 3.98. The van der Waals surface area contributed by atoms with Gasteiger partial charge < -0.3 is 4.74 Å². The molecule has 24 heavy (non-hydrogen) atoms. The Morgan fingerprint density at radius 1 is 1.25 bits per heavy atom. The van der Waals surface area contributed by atoms with Gasteiger partial charge >= 0.3 is 0 Å². The molecule has 130 valence electrons. The minimum absolute atomic E-state index is 0.0954. The van der Waals surface area contributed by atoms with Crippen LogP contribution in [0.5, 0.6) is 5.75 Å². The summed E-state index contributed by atoms with van der Waals surface area (Å²) in [6.45, 7) is 0.256. The molecule has 0 aliphatic heterocycles. The van der Waals surface area contributed by atoms with Crippen LogP contribution in [-0.2, 0) is 14.8 Å². The number of carbonyl (C=O) groups is 1. The van der Waals surface area contributed by atoms with Crippen molar-refractivity contribution >= 4 is 50.5 Å². The van der Waals surface area contributed by atoms with Crippen molar-refractivity contribution in [3.05, 3.63) is 45.8 Å². The van der Waals surface area contributed by atoms with E-state index in [4.69, 9.17) is 27.9 Å². The summed E-state index contributed by atoms with van der Waals surface area (Å²) < 4.78 is 29.2. The Balaban J connectivity index is 1.70. The molecule has 0 saturated carbocycles. The number of halogens is 2. The predicted molar refractivity (Wildman–Crippen MR) is 94.0 cm³/mol. The molecule has 0 bridgehead atoms. The van der Waals surface area contributed by atoms with Gasteiger partial charge in [-0.2, -0.15) is 0 Å². The first kappa shape index (κ1) is 19.0. The molecule has 0 aliphatic rings. The first-order valence-electron chi connectivity index (χ1n) is 6.80. The zero-order valence-electron chi connectivity index (χ0n) is 12.3. The summed E-state index contributed by atoms with van der Waals surface area (Å²) in [6.07, 6.45) is 0.490. The van der Waals surface area contributed by atoms with Gasteiger partial charge in [0.2, 0.25) is 5.91 Å². The van der Waals surface area contributed by atoms with Crippen molar-refractivity contribution in [2.45, 2.75) is 17.1 Å². The number of hydrogen-bond acceptors (Lipinski definition) is 5. The topological polar surface area (TPSA) is 84.5 Å². The molecule has 0 unspecified atom stereocenters. The summed E-state index contributed by atoms with van der Waals surface area (Å²) in [5.74, 6) is 0.0146. The summed E-state index contributed by atoms with van der Waals surface area (Å²) in [4.78, 5) is 13.7. The van der Waals surface area contributed by atoms with Gasteiger partial charge in [0.05, 0.1) is 11.6 Å². The third kappa shape index (κ3) is 5.64. The van der Waals surface area contributed by atoms with Crippen LogP contribution in [0.25, 0.3) is 0 Å². The standard InChI is InChI=1S/C14H14Cl2N2O4S2/c15-10-5-6-12(11(16)9-10)22-7-1-3-13(19)17-18-24(20,21)14-4-2-8-23-14/h2,4-6,8-9,18H,1,3,7H2,(H,17,19). The molecule has 6 nitrogen and oxygen atoms in total. The lowest BCUT2D eigenvalue weighted by Crippen LogP contribution is -2.41. The van der Waals surface area contributed by atoms with E-state index in [2.05, 4.69) is 5.43 Å². The van der Waals surface area contributed by atoms with Crippen molar-refractivity contribution in [2.75, 3.05) is 6.61 Å². The maximum Gasteiger partial charge on any atom is 0.266 e. The minimum Gasteiger partial charge on any atom is -0.492 e. The lowest BCUT2D eigenvalue weighted by molar-refractivity contribution is -0.121. The zero-order chi connectivity index (χ0) is 17.6. The molecule has 1 aromatic carbocycles. The first-order valence-corrected chi connectivity index (χ1v) is 9.92. The molecule has 0 radical (unpaired) electrons. The number of amides is 1. The normalized spacial score (nSPS) is 11.2. The first-order chi connectivity index (χ1) is 11.4. The minimum atomic E-state index is -3.72. The van der Waals surface area contributed by atoms with Gasteiger partial charge in [-0.1, -0.05) is 29.3 Å². The molecule has 2 rings (SSSR count). The largest absolute Gasteiger partial charge is 0.492 e. The average Bonchev–Trinajstić information content (AvgIpc) is 3.06. The van der Waals surface area contributed by atoms with E-state index < -0.39 is 15.9 Å². The lowest BCUT2D eigenvalue weighted by atomic mass is 10.3. The molecular formula is C14H14Cl2N2O4S2. The second-order valence-corrected chi connectivity index (χ2v) is 8.31. The average molecular weight is 409 g/mol. The molecule has 0 saturated heterocycles.